The number of cyclic esters (lactones) is 1. The Morgan fingerprint density at radius 3 is 2.34 bits per heavy atom. The number of aromatic nitrogens is 2. The fraction of sp³-hybridized carbons (Fsp3) is 0.179. The average Bonchev–Trinajstić information content (AvgIpc) is 2.83. The van der Waals surface area contributed by atoms with E-state index in [-0.39, 0.29) is 5.57 Å². The summed E-state index contributed by atoms with van der Waals surface area (Å²) in [6.45, 7) is 3.07. The van der Waals surface area contributed by atoms with E-state index in [2.05, 4.69) is 0 Å². The zero-order valence-corrected chi connectivity index (χ0v) is 20.0. The zero-order chi connectivity index (χ0) is 24.6. The minimum absolute atomic E-state index is 0.0945. The molecule has 2 unspecified atom stereocenters. The van der Waals surface area contributed by atoms with Crippen molar-refractivity contribution in [2.24, 2.45) is 0 Å². The normalized spacial score (nSPS) is 16.9. The Morgan fingerprint density at radius 1 is 0.914 bits per heavy atom. The molecule has 4 aromatic rings. The van der Waals surface area contributed by atoms with E-state index in [1.54, 1.807) is 24.3 Å². The Kier molecular flexibility index (Phi) is 5.91. The molecule has 0 N–H and O–H groups in total. The first-order valence-electron chi connectivity index (χ1n) is 11.2. The number of fused-ring (bicyclic) bond motifs is 1. The van der Waals surface area contributed by atoms with Crippen LogP contribution in [0.25, 0.3) is 10.9 Å². The Hall–Kier alpha value is -3.90. The van der Waals surface area contributed by atoms with Gasteiger partial charge in [0.15, 0.2) is 18.2 Å². The third-order valence-corrected chi connectivity index (χ3v) is 6.21. The van der Waals surface area contributed by atoms with Crippen LogP contribution in [0.1, 0.15) is 37.1 Å². The third kappa shape index (κ3) is 4.57. The molecule has 0 saturated heterocycles. The summed E-state index contributed by atoms with van der Waals surface area (Å²) >= 11 is 6.17. The van der Waals surface area contributed by atoms with E-state index in [1.807, 2.05) is 71.6 Å². The summed E-state index contributed by atoms with van der Waals surface area (Å²) in [5.41, 5.74) is 2.09. The number of esters is 1. The van der Waals surface area contributed by atoms with Crippen molar-refractivity contribution in [1.29, 1.82) is 0 Å². The molecule has 6 nitrogen and oxygen atoms in total. The highest BCUT2D eigenvalue weighted by Gasteiger charge is 2.43. The molecule has 0 spiro atoms. The van der Waals surface area contributed by atoms with Gasteiger partial charge in [-0.25, -0.2) is 9.78 Å². The van der Waals surface area contributed by atoms with Gasteiger partial charge in [-0.1, -0.05) is 54.1 Å². The van der Waals surface area contributed by atoms with E-state index in [0.717, 1.165) is 10.9 Å². The van der Waals surface area contributed by atoms with Crippen LogP contribution in [0, 0.1) is 0 Å². The van der Waals surface area contributed by atoms with Gasteiger partial charge in [-0.15, -0.1) is 0 Å². The van der Waals surface area contributed by atoms with Crippen molar-refractivity contribution in [1.82, 2.24) is 4.98 Å². The first kappa shape index (κ1) is 22.9. The smallest absolute Gasteiger partial charge is 0.338 e. The van der Waals surface area contributed by atoms with Crippen molar-refractivity contribution in [3.63, 3.8) is 0 Å². The van der Waals surface area contributed by atoms with Crippen molar-refractivity contribution >= 4 is 28.5 Å². The second kappa shape index (κ2) is 9.04. The number of nitrogens with zero attached hydrogens (tertiary/aromatic N) is 2. The number of pyridine rings is 2. The third-order valence-electron chi connectivity index (χ3n) is 5.96. The number of halogens is 1. The molecule has 0 saturated carbocycles. The maximum atomic E-state index is 13.3. The fourth-order valence-corrected chi connectivity index (χ4v) is 4.56. The summed E-state index contributed by atoms with van der Waals surface area (Å²) in [5.74, 6) is -3.54. The zero-order valence-electron chi connectivity index (χ0n) is 19.2. The summed E-state index contributed by atoms with van der Waals surface area (Å²) in [6.07, 6.45) is 3.77. The molecule has 0 amide bonds. The van der Waals surface area contributed by atoms with Crippen LogP contribution in [0.3, 0.4) is 0 Å². The lowest BCUT2D eigenvalue weighted by Crippen LogP contribution is -2.47. The lowest BCUT2D eigenvalue weighted by Gasteiger charge is -2.41. The van der Waals surface area contributed by atoms with E-state index in [0.29, 0.717) is 16.3 Å². The number of ether oxygens (including phenoxy) is 2. The van der Waals surface area contributed by atoms with Gasteiger partial charge in [-0.2, -0.15) is 4.57 Å². The Bertz CT molecular complexity index is 1420. The van der Waals surface area contributed by atoms with Gasteiger partial charge in [-0.3, -0.25) is 0 Å². The number of hydrogen-bond donors (Lipinski definition) is 0. The highest BCUT2D eigenvalue weighted by atomic mass is 35.5. The topological polar surface area (TPSA) is 75.4 Å². The van der Waals surface area contributed by atoms with Crippen molar-refractivity contribution in [3.8, 4) is 0 Å². The SMILES string of the molecule is CC1(C)OC(=O)C(C(c2ccc(Cl)cc2)C(c2ccc3ccccc3n2)[n+]2ccccc2)=C([O-])O1. The Morgan fingerprint density at radius 2 is 1.63 bits per heavy atom. The molecule has 5 rings (SSSR count). The minimum atomic E-state index is -1.35. The second-order valence-corrected chi connectivity index (χ2v) is 9.25. The van der Waals surface area contributed by atoms with E-state index >= 15 is 0 Å². The quantitative estimate of drug-likeness (QED) is 0.308. The van der Waals surface area contributed by atoms with Crippen molar-refractivity contribution in [2.75, 3.05) is 0 Å². The fourth-order valence-electron chi connectivity index (χ4n) is 4.43. The summed E-state index contributed by atoms with van der Waals surface area (Å²) in [4.78, 5) is 18.2. The van der Waals surface area contributed by atoms with Gasteiger partial charge in [0.1, 0.15) is 5.69 Å². The highest BCUT2D eigenvalue weighted by Crippen LogP contribution is 2.41. The number of carbonyl (C=O) groups is 1. The van der Waals surface area contributed by atoms with Gasteiger partial charge in [0.05, 0.1) is 23.0 Å². The molecule has 0 fully saturated rings. The number of carbonyl (C=O) groups excluding carboxylic acids is 1. The number of hydrogen-bond acceptors (Lipinski definition) is 5. The highest BCUT2D eigenvalue weighted by molar-refractivity contribution is 6.30. The standard InChI is InChI=1S/C28H23ClN2O4/c1-28(2)34-26(32)24(27(33)35-28)23(19-10-13-20(29)14-11-19)25(31-16-6-3-7-17-31)22-15-12-18-8-4-5-9-21(18)30-22/h3-17,23,25H,1-2H3. The second-order valence-electron chi connectivity index (χ2n) is 8.82. The molecule has 1 aliphatic rings. The number of benzene rings is 2. The van der Waals surface area contributed by atoms with E-state index in [9.17, 15) is 9.90 Å². The van der Waals surface area contributed by atoms with Crippen LogP contribution < -0.4 is 9.67 Å². The van der Waals surface area contributed by atoms with Crippen LogP contribution in [0.5, 0.6) is 0 Å². The molecule has 176 valence electrons. The molecule has 2 atom stereocenters. The molecule has 2 aromatic carbocycles. The molecule has 2 aromatic heterocycles. The molecule has 3 heterocycles. The van der Waals surface area contributed by atoms with Crippen molar-refractivity contribution in [2.45, 2.75) is 31.6 Å². The first-order chi connectivity index (χ1) is 16.8. The van der Waals surface area contributed by atoms with Crippen LogP contribution in [0.15, 0.2) is 103 Å². The van der Waals surface area contributed by atoms with Gasteiger partial charge >= 0.3 is 5.97 Å². The molecule has 1 aliphatic heterocycles. The van der Waals surface area contributed by atoms with Crippen molar-refractivity contribution in [3.05, 3.63) is 119 Å². The van der Waals surface area contributed by atoms with Crippen LogP contribution in [-0.2, 0) is 14.3 Å². The predicted molar refractivity (Wildman–Crippen MR) is 129 cm³/mol. The largest absolute Gasteiger partial charge is 0.575 e. The maximum Gasteiger partial charge on any atom is 0.338 e. The van der Waals surface area contributed by atoms with E-state index in [4.69, 9.17) is 26.1 Å². The Labute approximate surface area is 208 Å². The van der Waals surface area contributed by atoms with E-state index in [1.165, 1.54) is 13.8 Å². The van der Waals surface area contributed by atoms with Gasteiger partial charge in [0.2, 0.25) is 6.04 Å². The lowest BCUT2D eigenvalue weighted by atomic mass is 9.82. The van der Waals surface area contributed by atoms with Gasteiger partial charge < -0.3 is 14.6 Å². The first-order valence-corrected chi connectivity index (χ1v) is 11.6. The van der Waals surface area contributed by atoms with Gasteiger partial charge in [-0.05, 0) is 43.7 Å². The predicted octanol–water partition coefficient (Wildman–Crippen LogP) is 4.43. The molecule has 0 radical (unpaired) electrons. The molecule has 7 heteroatoms. The number of rotatable bonds is 5. The summed E-state index contributed by atoms with van der Waals surface area (Å²) in [7, 11) is 0. The summed E-state index contributed by atoms with van der Waals surface area (Å²) in [5, 5.41) is 14.8. The van der Waals surface area contributed by atoms with Crippen LogP contribution >= 0.6 is 11.6 Å². The monoisotopic (exact) mass is 486 g/mol. The maximum absolute atomic E-state index is 13.3. The average molecular weight is 487 g/mol. The summed E-state index contributed by atoms with van der Waals surface area (Å²) < 4.78 is 12.9. The van der Waals surface area contributed by atoms with Crippen molar-refractivity contribution < 1.29 is 23.9 Å². The minimum Gasteiger partial charge on any atom is -0.575 e. The van der Waals surface area contributed by atoms with Gasteiger partial charge in [0.25, 0.3) is 0 Å². The molecular weight excluding hydrogens is 464 g/mol. The van der Waals surface area contributed by atoms with Crippen LogP contribution in [0.2, 0.25) is 5.02 Å². The van der Waals surface area contributed by atoms with Gasteiger partial charge in [0, 0.05) is 22.5 Å². The van der Waals surface area contributed by atoms with E-state index < -0.39 is 29.7 Å². The molecule has 0 bridgehead atoms. The molecule has 35 heavy (non-hydrogen) atoms. The number of para-hydroxylation sites is 1. The Balaban J connectivity index is 1.77. The summed E-state index contributed by atoms with van der Waals surface area (Å²) in [6, 6.07) is 23.9. The van der Waals surface area contributed by atoms with Crippen LogP contribution in [-0.4, -0.2) is 16.7 Å². The lowest BCUT2D eigenvalue weighted by molar-refractivity contribution is -0.716. The molecular formula is C28H23ClN2O4. The molecule has 0 aliphatic carbocycles. The van der Waals surface area contributed by atoms with Crippen LogP contribution in [0.4, 0.5) is 0 Å².